The highest BCUT2D eigenvalue weighted by atomic mass is 19.1. The van der Waals surface area contributed by atoms with Gasteiger partial charge in [-0.05, 0) is 43.0 Å². The predicted octanol–water partition coefficient (Wildman–Crippen LogP) is 2.19. The van der Waals surface area contributed by atoms with Crippen LogP contribution in [0.4, 0.5) is 10.2 Å². The minimum Gasteiger partial charge on any atom is -0.355 e. The van der Waals surface area contributed by atoms with Crippen LogP contribution < -0.4 is 10.2 Å². The minimum atomic E-state index is -0.290. The second-order valence-corrected chi connectivity index (χ2v) is 5.57. The largest absolute Gasteiger partial charge is 0.355 e. The van der Waals surface area contributed by atoms with Crippen molar-refractivity contribution in [3.8, 4) is 0 Å². The fraction of sp³-hybridized carbons (Fsp3) is 0.353. The molecule has 1 saturated heterocycles. The molecule has 0 radical (unpaired) electrons. The Kier molecular flexibility index (Phi) is 4.80. The van der Waals surface area contributed by atoms with Crippen molar-refractivity contribution < 1.29 is 9.18 Å². The quantitative estimate of drug-likeness (QED) is 0.919. The summed E-state index contributed by atoms with van der Waals surface area (Å²) in [6.45, 7) is 2.33. The molecule has 0 spiro atoms. The second kappa shape index (κ2) is 7.17. The summed E-state index contributed by atoms with van der Waals surface area (Å²) in [4.78, 5) is 14.2. The molecule has 1 N–H and O–H groups in total. The van der Waals surface area contributed by atoms with Crippen LogP contribution >= 0.6 is 0 Å². The molecule has 0 unspecified atom stereocenters. The van der Waals surface area contributed by atoms with Gasteiger partial charge in [0.25, 0.3) is 5.91 Å². The number of nitrogens with zero attached hydrogens (tertiary/aromatic N) is 3. The molecule has 5 nitrogen and oxygen atoms in total. The van der Waals surface area contributed by atoms with Crippen LogP contribution in [0.15, 0.2) is 36.4 Å². The first-order chi connectivity index (χ1) is 11.2. The van der Waals surface area contributed by atoms with E-state index in [1.54, 1.807) is 24.3 Å². The summed E-state index contributed by atoms with van der Waals surface area (Å²) in [6.07, 6.45) is 2.78. The number of hydrogen-bond acceptors (Lipinski definition) is 4. The first-order valence-corrected chi connectivity index (χ1v) is 7.84. The zero-order chi connectivity index (χ0) is 16.1. The molecule has 2 aromatic rings. The fourth-order valence-electron chi connectivity index (χ4n) is 2.66. The highest BCUT2D eigenvalue weighted by Crippen LogP contribution is 2.16. The molecule has 0 aliphatic carbocycles. The van der Waals surface area contributed by atoms with Crippen molar-refractivity contribution >= 4 is 11.7 Å². The molecule has 1 aliphatic heterocycles. The van der Waals surface area contributed by atoms with Crippen molar-refractivity contribution in [2.45, 2.75) is 19.3 Å². The number of anilines is 1. The third kappa shape index (κ3) is 3.83. The van der Waals surface area contributed by atoms with Crippen molar-refractivity contribution in [2.75, 3.05) is 24.5 Å². The monoisotopic (exact) mass is 314 g/mol. The van der Waals surface area contributed by atoms with Crippen LogP contribution in [-0.4, -0.2) is 35.7 Å². The Labute approximate surface area is 134 Å². The summed E-state index contributed by atoms with van der Waals surface area (Å²) in [5.74, 6) is 0.267. The number of halogens is 1. The van der Waals surface area contributed by atoms with Crippen LogP contribution in [0.2, 0.25) is 0 Å². The summed E-state index contributed by atoms with van der Waals surface area (Å²) in [6, 6.07) is 10.1. The van der Waals surface area contributed by atoms with E-state index in [2.05, 4.69) is 20.4 Å². The van der Waals surface area contributed by atoms with Crippen LogP contribution in [0.25, 0.3) is 0 Å². The van der Waals surface area contributed by atoms with Gasteiger partial charge >= 0.3 is 0 Å². The molecular weight excluding hydrogens is 295 g/mol. The normalized spacial score (nSPS) is 14.0. The molecule has 6 heteroatoms. The van der Waals surface area contributed by atoms with Crippen LogP contribution in [0.3, 0.4) is 0 Å². The van der Waals surface area contributed by atoms with E-state index < -0.39 is 0 Å². The van der Waals surface area contributed by atoms with E-state index in [1.165, 1.54) is 18.9 Å². The lowest BCUT2D eigenvalue weighted by atomic mass is 10.1. The third-order valence-corrected chi connectivity index (χ3v) is 3.95. The van der Waals surface area contributed by atoms with Crippen LogP contribution in [0.1, 0.15) is 28.9 Å². The number of nitrogens with one attached hydrogen (secondary N) is 1. The molecule has 23 heavy (non-hydrogen) atoms. The Hall–Kier alpha value is -2.50. The number of carbonyl (C=O) groups is 1. The maximum absolute atomic E-state index is 13.5. The second-order valence-electron chi connectivity index (χ2n) is 5.57. The maximum Gasteiger partial charge on any atom is 0.271 e. The smallest absolute Gasteiger partial charge is 0.271 e. The number of rotatable bonds is 5. The SMILES string of the molecule is O=C(NCCc1ccccc1F)c1ccc(N2CCCC2)nn1. The van der Waals surface area contributed by atoms with Crippen molar-refractivity contribution in [2.24, 2.45) is 0 Å². The third-order valence-electron chi connectivity index (χ3n) is 3.95. The number of amides is 1. The molecule has 1 aromatic heterocycles. The molecule has 2 heterocycles. The number of benzene rings is 1. The number of carbonyl (C=O) groups excluding carboxylic acids is 1. The Morgan fingerprint density at radius 3 is 2.61 bits per heavy atom. The molecule has 3 rings (SSSR count). The zero-order valence-corrected chi connectivity index (χ0v) is 12.8. The summed E-state index contributed by atoms with van der Waals surface area (Å²) >= 11 is 0. The van der Waals surface area contributed by atoms with Gasteiger partial charge in [-0.1, -0.05) is 18.2 Å². The highest BCUT2D eigenvalue weighted by molar-refractivity contribution is 5.92. The molecule has 0 saturated carbocycles. The molecule has 1 aliphatic rings. The van der Waals surface area contributed by atoms with Gasteiger partial charge in [0, 0.05) is 19.6 Å². The molecule has 1 amide bonds. The number of aromatic nitrogens is 2. The van der Waals surface area contributed by atoms with Gasteiger partial charge in [-0.15, -0.1) is 10.2 Å². The first kappa shape index (κ1) is 15.4. The molecule has 1 aromatic carbocycles. The Morgan fingerprint density at radius 1 is 1.13 bits per heavy atom. The van der Waals surface area contributed by atoms with Crippen LogP contribution in [0.5, 0.6) is 0 Å². The Bertz CT molecular complexity index is 669. The summed E-state index contributed by atoms with van der Waals surface area (Å²) < 4.78 is 13.5. The van der Waals surface area contributed by atoms with Crippen molar-refractivity contribution in [1.29, 1.82) is 0 Å². The topological polar surface area (TPSA) is 58.1 Å². The van der Waals surface area contributed by atoms with E-state index in [9.17, 15) is 9.18 Å². The molecule has 0 atom stereocenters. The van der Waals surface area contributed by atoms with Gasteiger partial charge in [0.1, 0.15) is 5.82 Å². The van der Waals surface area contributed by atoms with Crippen LogP contribution in [0, 0.1) is 5.82 Å². The van der Waals surface area contributed by atoms with E-state index in [0.29, 0.717) is 18.5 Å². The maximum atomic E-state index is 13.5. The minimum absolute atomic E-state index is 0.253. The average molecular weight is 314 g/mol. The van der Waals surface area contributed by atoms with Gasteiger partial charge in [0.2, 0.25) is 0 Å². The van der Waals surface area contributed by atoms with E-state index in [4.69, 9.17) is 0 Å². The average Bonchev–Trinajstić information content (AvgIpc) is 3.11. The Morgan fingerprint density at radius 2 is 1.91 bits per heavy atom. The van der Waals surface area contributed by atoms with Crippen molar-refractivity contribution in [3.63, 3.8) is 0 Å². The molecular formula is C17H19FN4O. The van der Waals surface area contributed by atoms with Gasteiger partial charge in [0.15, 0.2) is 11.5 Å². The first-order valence-electron chi connectivity index (χ1n) is 7.84. The van der Waals surface area contributed by atoms with Gasteiger partial charge < -0.3 is 10.2 Å². The molecule has 1 fully saturated rings. The standard InChI is InChI=1S/C17H19FN4O/c18-14-6-2-1-5-13(14)9-10-19-17(23)15-7-8-16(21-20-15)22-11-3-4-12-22/h1-2,5-8H,3-4,9-12H2,(H,19,23). The van der Waals surface area contributed by atoms with E-state index in [0.717, 1.165) is 18.9 Å². The van der Waals surface area contributed by atoms with Gasteiger partial charge in [-0.25, -0.2) is 4.39 Å². The molecule has 120 valence electrons. The highest BCUT2D eigenvalue weighted by Gasteiger charge is 2.15. The predicted molar refractivity (Wildman–Crippen MR) is 85.9 cm³/mol. The van der Waals surface area contributed by atoms with Crippen LogP contribution in [-0.2, 0) is 6.42 Å². The molecule has 0 bridgehead atoms. The fourth-order valence-corrected chi connectivity index (χ4v) is 2.66. The summed E-state index contributed by atoms with van der Waals surface area (Å²) in [5, 5.41) is 10.8. The van der Waals surface area contributed by atoms with Crippen molar-refractivity contribution in [3.05, 3.63) is 53.5 Å². The van der Waals surface area contributed by atoms with Gasteiger partial charge in [-0.3, -0.25) is 4.79 Å². The lowest BCUT2D eigenvalue weighted by molar-refractivity contribution is 0.0948. The van der Waals surface area contributed by atoms with Gasteiger partial charge in [0.05, 0.1) is 0 Å². The number of hydrogen-bond donors (Lipinski definition) is 1. The Balaban J connectivity index is 1.53. The van der Waals surface area contributed by atoms with E-state index >= 15 is 0 Å². The summed E-state index contributed by atoms with van der Waals surface area (Å²) in [5.41, 5.74) is 0.866. The van der Waals surface area contributed by atoms with Gasteiger partial charge in [-0.2, -0.15) is 0 Å². The summed E-state index contributed by atoms with van der Waals surface area (Å²) in [7, 11) is 0. The van der Waals surface area contributed by atoms with E-state index in [-0.39, 0.29) is 17.4 Å². The lowest BCUT2D eigenvalue weighted by Gasteiger charge is -2.15. The van der Waals surface area contributed by atoms with Crippen molar-refractivity contribution in [1.82, 2.24) is 15.5 Å². The zero-order valence-electron chi connectivity index (χ0n) is 12.8. The van der Waals surface area contributed by atoms with E-state index in [1.807, 2.05) is 6.07 Å². The lowest BCUT2D eigenvalue weighted by Crippen LogP contribution is -2.27.